The van der Waals surface area contributed by atoms with E-state index in [1.54, 1.807) is 10.6 Å². The van der Waals surface area contributed by atoms with Gasteiger partial charge >= 0.3 is 0 Å². The fraction of sp³-hybridized carbons (Fsp3) is 0.0426. The Labute approximate surface area is 293 Å². The molecule has 0 atom stereocenters. The Morgan fingerprint density at radius 1 is 0.490 bits per heavy atom. The highest BCUT2D eigenvalue weighted by molar-refractivity contribution is 6.22. The normalized spacial score (nSPS) is 13.5. The highest BCUT2D eigenvalue weighted by atomic mass is 15.1. The van der Waals surface area contributed by atoms with Gasteiger partial charge in [-0.05, 0) is 84.8 Å². The number of para-hydroxylation sites is 3. The molecular weight excluding hydrogens is 593 g/mol. The van der Waals surface area contributed by atoms with Gasteiger partial charge < -0.3 is 0 Å². The molecule has 0 bridgehead atoms. The maximum atomic E-state index is 8.72. The number of fused-ring (bicyclic) bond motifs is 3. The van der Waals surface area contributed by atoms with E-state index in [0.29, 0.717) is 16.7 Å². The van der Waals surface area contributed by atoms with Gasteiger partial charge in [0.05, 0.1) is 16.7 Å². The minimum Gasteiger partial charge on any atom is -0.296 e. The minimum atomic E-state index is -2.92. The fourth-order valence-corrected chi connectivity index (χ4v) is 7.30. The van der Waals surface area contributed by atoms with E-state index in [1.165, 1.54) is 16.3 Å². The van der Waals surface area contributed by atoms with Crippen molar-refractivity contribution in [1.82, 2.24) is 9.55 Å². The largest absolute Gasteiger partial charge is 0.296 e. The van der Waals surface area contributed by atoms with Crippen LogP contribution in [0.3, 0.4) is 0 Å². The zero-order valence-electron chi connectivity index (χ0n) is 31.6. The summed E-state index contributed by atoms with van der Waals surface area (Å²) in [6.07, 6.45) is -2.70. The molecule has 0 aliphatic carbocycles. The molecule has 8 aromatic carbocycles. The third-order valence-corrected chi connectivity index (χ3v) is 9.50. The van der Waals surface area contributed by atoms with Crippen LogP contribution in [0, 0.1) is 0 Å². The van der Waals surface area contributed by atoms with Gasteiger partial charge in [-0.25, -0.2) is 4.98 Å². The molecule has 0 N–H and O–H groups in total. The first-order chi connectivity index (χ1) is 26.2. The van der Waals surface area contributed by atoms with Crippen LogP contribution in [0.15, 0.2) is 176 Å². The van der Waals surface area contributed by atoms with Gasteiger partial charge in [0.25, 0.3) is 0 Å². The van der Waals surface area contributed by atoms with Crippen LogP contribution >= 0.6 is 0 Å². The van der Waals surface area contributed by atoms with Crippen LogP contribution < -0.4 is 0 Å². The molecule has 0 fully saturated rings. The third kappa shape index (κ3) is 4.92. The van der Waals surface area contributed by atoms with E-state index in [4.69, 9.17) is 6.85 Å². The van der Waals surface area contributed by atoms with Gasteiger partial charge in [-0.15, -0.1) is 0 Å². The molecule has 0 spiro atoms. The van der Waals surface area contributed by atoms with Gasteiger partial charge in [-0.3, -0.25) is 4.57 Å². The minimum absolute atomic E-state index is 0.154. The predicted octanol–water partition coefficient (Wildman–Crippen LogP) is 12.6. The molecule has 0 unspecified atom stereocenters. The van der Waals surface area contributed by atoms with Crippen LogP contribution in [0.25, 0.3) is 82.8 Å². The molecule has 232 valence electrons. The number of benzene rings is 8. The summed E-state index contributed by atoms with van der Waals surface area (Å²) in [7, 11) is 0. The molecule has 1 heterocycles. The number of hydrogen-bond acceptors (Lipinski definition) is 1. The number of aromatic nitrogens is 2. The van der Waals surface area contributed by atoms with Crippen molar-refractivity contribution in [2.45, 2.75) is 13.2 Å². The summed E-state index contributed by atoms with van der Waals surface area (Å²) in [5.41, 5.74) is 10.5. The average molecular weight is 632 g/mol. The van der Waals surface area contributed by atoms with Crippen LogP contribution in [0.1, 0.15) is 19.5 Å². The lowest BCUT2D eigenvalue weighted by Gasteiger charge is -2.19. The van der Waals surface area contributed by atoms with Crippen LogP contribution in [-0.2, 0) is 6.37 Å². The molecule has 2 heteroatoms. The van der Waals surface area contributed by atoms with E-state index in [-0.39, 0.29) is 5.82 Å². The number of aryl methyl sites for hydroxylation is 1. The van der Waals surface area contributed by atoms with Gasteiger partial charge in [-0.2, -0.15) is 0 Å². The highest BCUT2D eigenvalue weighted by Gasteiger charge is 2.19. The molecule has 9 rings (SSSR count). The summed E-state index contributed by atoms with van der Waals surface area (Å²) in [5, 5.41) is 4.66. The number of nitrogens with zero attached hydrogens (tertiary/aromatic N) is 2. The summed E-state index contributed by atoms with van der Waals surface area (Å²) in [5.74, 6) is -0.154. The Hall–Kier alpha value is -6.25. The van der Waals surface area contributed by atoms with Crippen LogP contribution in [0.2, 0.25) is 0 Å². The molecule has 0 aliphatic rings. The monoisotopic (exact) mass is 631 g/mol. The summed E-state index contributed by atoms with van der Waals surface area (Å²) in [4.78, 5) is 4.56. The van der Waals surface area contributed by atoms with E-state index < -0.39 is 13.2 Å². The van der Waals surface area contributed by atoms with E-state index in [9.17, 15) is 0 Å². The molecule has 0 aliphatic heterocycles. The van der Waals surface area contributed by atoms with Crippen molar-refractivity contribution in [3.8, 4) is 50.2 Å². The van der Waals surface area contributed by atoms with Crippen molar-refractivity contribution in [1.29, 1.82) is 0 Å². The standard InChI is InChI=1S/C47H34N2/c1-2-45-48-42-22-12-14-24-44(42)49(45)43-23-13-11-19-37(43)33-25-27-35(28-26-33)46-38-20-9-10-21-39(38)47(34-17-7-4-8-18-34)41-31-36(29-30-40(41)46)32-15-5-3-6-16-32/h3-31H,2H2,1H3/i1D3,2D2. The lowest BCUT2D eigenvalue weighted by molar-refractivity contribution is 0.909. The second-order valence-electron chi connectivity index (χ2n) is 12.3. The van der Waals surface area contributed by atoms with E-state index >= 15 is 0 Å². The van der Waals surface area contributed by atoms with Crippen molar-refractivity contribution in [2.75, 3.05) is 0 Å². The third-order valence-electron chi connectivity index (χ3n) is 9.50. The molecular formula is C47H34N2. The van der Waals surface area contributed by atoms with Gasteiger partial charge in [0, 0.05) is 18.8 Å². The van der Waals surface area contributed by atoms with Crippen molar-refractivity contribution in [3.63, 3.8) is 0 Å². The molecule has 49 heavy (non-hydrogen) atoms. The molecule has 9 aromatic rings. The summed E-state index contributed by atoms with van der Waals surface area (Å²) in [6, 6.07) is 60.0. The van der Waals surface area contributed by atoms with Crippen molar-refractivity contribution in [3.05, 3.63) is 182 Å². The van der Waals surface area contributed by atoms with E-state index in [1.807, 2.05) is 48.5 Å². The van der Waals surface area contributed by atoms with E-state index in [0.717, 1.165) is 49.7 Å². The number of rotatable bonds is 6. The highest BCUT2D eigenvalue weighted by Crippen LogP contribution is 2.45. The van der Waals surface area contributed by atoms with Crippen LogP contribution in [0.4, 0.5) is 0 Å². The lowest BCUT2D eigenvalue weighted by atomic mass is 9.84. The Morgan fingerprint density at radius 2 is 1.04 bits per heavy atom. The Morgan fingerprint density at radius 3 is 1.80 bits per heavy atom. The summed E-state index contributed by atoms with van der Waals surface area (Å²) in [6.45, 7) is -2.92. The Balaban J connectivity index is 1.24. The first-order valence-electron chi connectivity index (χ1n) is 19.0. The fourth-order valence-electron chi connectivity index (χ4n) is 7.30. The van der Waals surface area contributed by atoms with Crippen LogP contribution in [0.5, 0.6) is 0 Å². The summed E-state index contributed by atoms with van der Waals surface area (Å²) < 4.78 is 43.3. The number of hydrogen-bond donors (Lipinski definition) is 0. The maximum absolute atomic E-state index is 8.72. The van der Waals surface area contributed by atoms with E-state index in [2.05, 4.69) is 126 Å². The Bertz CT molecular complexity index is 2820. The first-order valence-corrected chi connectivity index (χ1v) is 16.5. The van der Waals surface area contributed by atoms with Crippen molar-refractivity contribution >= 4 is 32.6 Å². The van der Waals surface area contributed by atoms with Gasteiger partial charge in [0.2, 0.25) is 0 Å². The smallest absolute Gasteiger partial charge is 0.114 e. The second-order valence-corrected chi connectivity index (χ2v) is 12.3. The molecule has 0 amide bonds. The first kappa shape index (κ1) is 24.0. The second kappa shape index (κ2) is 12.1. The lowest BCUT2D eigenvalue weighted by Crippen LogP contribution is -2.02. The average Bonchev–Trinajstić information content (AvgIpc) is 3.60. The van der Waals surface area contributed by atoms with Gasteiger partial charge in [0.15, 0.2) is 0 Å². The zero-order chi connectivity index (χ0) is 37.0. The molecule has 2 nitrogen and oxygen atoms in total. The summed E-state index contributed by atoms with van der Waals surface area (Å²) >= 11 is 0. The van der Waals surface area contributed by atoms with Gasteiger partial charge in [-0.1, -0.05) is 159 Å². The molecule has 1 aromatic heterocycles. The van der Waals surface area contributed by atoms with Crippen molar-refractivity contribution in [2.24, 2.45) is 0 Å². The van der Waals surface area contributed by atoms with Crippen molar-refractivity contribution < 1.29 is 6.85 Å². The Kier molecular flexibility index (Phi) is 5.91. The topological polar surface area (TPSA) is 17.8 Å². The quantitative estimate of drug-likeness (QED) is 0.167. The predicted molar refractivity (Wildman–Crippen MR) is 207 cm³/mol. The molecule has 0 saturated heterocycles. The zero-order valence-corrected chi connectivity index (χ0v) is 26.6. The molecule has 0 radical (unpaired) electrons. The SMILES string of the molecule is [2H]C([2H])([2H])C([2H])([2H])c1nc2ccccc2n1-c1ccccc1-c1ccc(-c2c3ccccc3c(-c3ccccc3)c3cc(-c4ccccc4)ccc23)cc1. The van der Waals surface area contributed by atoms with Crippen LogP contribution in [-0.4, -0.2) is 9.55 Å². The van der Waals surface area contributed by atoms with Gasteiger partial charge in [0.1, 0.15) is 5.82 Å². The maximum Gasteiger partial charge on any atom is 0.114 e. The molecule has 0 saturated carbocycles. The number of imidazole rings is 1.